The van der Waals surface area contributed by atoms with Crippen LogP contribution in [0, 0.1) is 12.3 Å². The van der Waals surface area contributed by atoms with E-state index >= 15 is 0 Å². The van der Waals surface area contributed by atoms with E-state index in [9.17, 15) is 0 Å². The Kier molecular flexibility index (Phi) is 9.38. The Morgan fingerprint density at radius 2 is 1.93 bits per heavy atom. The average molecular weight is 526 g/mol. The van der Waals surface area contributed by atoms with Crippen LogP contribution in [0.2, 0.25) is 0 Å². The lowest BCUT2D eigenvalue weighted by atomic mass is 9.67. The zero-order valence-electron chi connectivity index (χ0n) is 18.6. The van der Waals surface area contributed by atoms with Crippen LogP contribution in [0.3, 0.4) is 0 Å². The summed E-state index contributed by atoms with van der Waals surface area (Å²) in [4.78, 5) is 4.77. The number of aliphatic imine (C=N–C) groups is 1. The van der Waals surface area contributed by atoms with Crippen LogP contribution in [0.5, 0.6) is 5.75 Å². The van der Waals surface area contributed by atoms with Gasteiger partial charge in [-0.15, -0.1) is 34.2 Å². The molecule has 3 rings (SSSR count). The minimum absolute atomic E-state index is 0. The van der Waals surface area contributed by atoms with Gasteiger partial charge in [-0.2, -0.15) is 0 Å². The lowest BCUT2D eigenvalue weighted by Gasteiger charge is -2.41. The first-order valence-corrected chi connectivity index (χ1v) is 10.6. The van der Waals surface area contributed by atoms with E-state index in [2.05, 4.69) is 39.9 Å². The van der Waals surface area contributed by atoms with Crippen LogP contribution in [0.15, 0.2) is 29.3 Å². The van der Waals surface area contributed by atoms with Crippen molar-refractivity contribution in [1.29, 1.82) is 0 Å². The molecule has 0 saturated heterocycles. The van der Waals surface area contributed by atoms with Crippen molar-refractivity contribution in [2.45, 2.75) is 52.5 Å². The van der Waals surface area contributed by atoms with Crippen molar-refractivity contribution in [2.75, 3.05) is 20.2 Å². The van der Waals surface area contributed by atoms with Crippen LogP contribution in [-0.4, -0.2) is 40.9 Å². The predicted octanol–water partition coefficient (Wildman–Crippen LogP) is 3.61. The van der Waals surface area contributed by atoms with Crippen LogP contribution in [0.25, 0.3) is 0 Å². The van der Waals surface area contributed by atoms with Gasteiger partial charge in [0.2, 0.25) is 0 Å². The van der Waals surface area contributed by atoms with E-state index in [-0.39, 0.29) is 24.0 Å². The van der Waals surface area contributed by atoms with Crippen molar-refractivity contribution in [3.8, 4) is 5.75 Å². The fraction of sp³-hybridized carbons (Fsp3) is 0.591. The third kappa shape index (κ3) is 6.33. The number of aryl methyl sites for hydroxylation is 1. The van der Waals surface area contributed by atoms with Gasteiger partial charge in [0.1, 0.15) is 18.1 Å². The lowest BCUT2D eigenvalue weighted by Crippen LogP contribution is -2.46. The maximum absolute atomic E-state index is 5.23. The molecule has 2 aromatic rings. The van der Waals surface area contributed by atoms with Gasteiger partial charge in [-0.1, -0.05) is 25.5 Å². The summed E-state index contributed by atoms with van der Waals surface area (Å²) in [5.41, 5.74) is 1.70. The van der Waals surface area contributed by atoms with Crippen LogP contribution >= 0.6 is 24.0 Å². The van der Waals surface area contributed by atoms with Crippen LogP contribution in [0.4, 0.5) is 0 Å². The third-order valence-electron chi connectivity index (χ3n) is 6.22. The van der Waals surface area contributed by atoms with Gasteiger partial charge in [0.15, 0.2) is 11.8 Å². The van der Waals surface area contributed by atoms with Gasteiger partial charge in [0.25, 0.3) is 0 Å². The summed E-state index contributed by atoms with van der Waals surface area (Å²) in [5, 5.41) is 15.4. The van der Waals surface area contributed by atoms with E-state index in [1.807, 2.05) is 30.7 Å². The predicted molar refractivity (Wildman–Crippen MR) is 132 cm³/mol. The molecule has 0 atom stereocenters. The number of benzene rings is 1. The maximum Gasteiger partial charge on any atom is 0.191 e. The molecule has 0 aliphatic heterocycles. The Hall–Kier alpha value is -1.84. The summed E-state index contributed by atoms with van der Waals surface area (Å²) in [6.07, 6.45) is 6.08. The first-order valence-electron chi connectivity index (χ1n) is 10.6. The second-order valence-electron chi connectivity index (χ2n) is 7.97. The fourth-order valence-corrected chi connectivity index (χ4v) is 3.63. The SMILES string of the molecule is CCC1(CNC(=NCc2nnc(C)n2C)NCCc2ccc(OC)cc2)CCC1.I. The molecule has 0 amide bonds. The number of guanidine groups is 1. The normalized spacial score (nSPS) is 15.1. The lowest BCUT2D eigenvalue weighted by molar-refractivity contribution is 0.131. The molecule has 1 aromatic heterocycles. The Balaban J connectivity index is 0.00000320. The van der Waals surface area contributed by atoms with Gasteiger partial charge in [-0.05, 0) is 55.7 Å². The minimum Gasteiger partial charge on any atom is -0.497 e. The summed E-state index contributed by atoms with van der Waals surface area (Å²) in [7, 11) is 3.67. The Bertz CT molecular complexity index is 808. The molecule has 8 heteroatoms. The topological polar surface area (TPSA) is 76.4 Å². The Morgan fingerprint density at radius 1 is 1.20 bits per heavy atom. The highest BCUT2D eigenvalue weighted by Crippen LogP contribution is 2.42. The molecule has 2 N–H and O–H groups in total. The number of nitrogens with one attached hydrogen (secondary N) is 2. The number of hydrogen-bond acceptors (Lipinski definition) is 4. The molecule has 1 fully saturated rings. The average Bonchev–Trinajstić information content (AvgIpc) is 3.03. The summed E-state index contributed by atoms with van der Waals surface area (Å²) in [6, 6.07) is 8.21. The smallest absolute Gasteiger partial charge is 0.191 e. The standard InChI is InChI=1S/C22H34N6O.HI/c1-5-22(12-6-13-22)16-25-21(24-15-20-27-26-17(2)28(20)3)23-14-11-18-7-9-19(29-4)10-8-18;/h7-10H,5-6,11-16H2,1-4H3,(H2,23,24,25);1H. The van der Waals surface area contributed by atoms with Crippen LogP contribution in [0.1, 0.15) is 49.8 Å². The number of ether oxygens (including phenoxy) is 1. The molecule has 0 spiro atoms. The number of halogens is 1. The van der Waals surface area contributed by atoms with Gasteiger partial charge in [0, 0.05) is 20.1 Å². The molecule has 1 heterocycles. The van der Waals surface area contributed by atoms with E-state index in [1.54, 1.807) is 7.11 Å². The van der Waals surface area contributed by atoms with E-state index in [1.165, 1.54) is 31.2 Å². The molecule has 166 valence electrons. The van der Waals surface area contributed by atoms with Crippen molar-refractivity contribution in [3.63, 3.8) is 0 Å². The summed E-state index contributed by atoms with van der Waals surface area (Å²) in [6.45, 7) is 6.53. The quantitative estimate of drug-likeness (QED) is 0.297. The van der Waals surface area contributed by atoms with Crippen molar-refractivity contribution in [2.24, 2.45) is 17.5 Å². The zero-order chi connectivity index (χ0) is 20.7. The second kappa shape index (κ2) is 11.5. The summed E-state index contributed by atoms with van der Waals surface area (Å²) in [5.74, 6) is 3.50. The van der Waals surface area contributed by atoms with Crippen LogP contribution < -0.4 is 15.4 Å². The number of methoxy groups -OCH3 is 1. The molecule has 0 radical (unpaired) electrons. The molecular formula is C22H35IN6O. The molecule has 30 heavy (non-hydrogen) atoms. The number of hydrogen-bond donors (Lipinski definition) is 2. The van der Waals surface area contributed by atoms with Gasteiger partial charge < -0.3 is 19.9 Å². The van der Waals surface area contributed by atoms with E-state index in [0.29, 0.717) is 12.0 Å². The van der Waals surface area contributed by atoms with Gasteiger partial charge in [0.05, 0.1) is 7.11 Å². The number of nitrogens with zero attached hydrogens (tertiary/aromatic N) is 4. The van der Waals surface area contributed by atoms with E-state index < -0.39 is 0 Å². The van der Waals surface area contributed by atoms with Crippen molar-refractivity contribution >= 4 is 29.9 Å². The maximum atomic E-state index is 5.23. The number of aromatic nitrogens is 3. The molecule has 1 aromatic carbocycles. The molecule has 0 unspecified atom stereocenters. The molecule has 1 aliphatic rings. The van der Waals surface area contributed by atoms with E-state index in [0.717, 1.165) is 42.9 Å². The van der Waals surface area contributed by atoms with Crippen molar-refractivity contribution in [1.82, 2.24) is 25.4 Å². The van der Waals surface area contributed by atoms with Gasteiger partial charge in [-0.3, -0.25) is 0 Å². The van der Waals surface area contributed by atoms with Gasteiger partial charge in [-0.25, -0.2) is 4.99 Å². The number of rotatable bonds is 9. The Morgan fingerprint density at radius 3 is 2.47 bits per heavy atom. The first-order chi connectivity index (χ1) is 14.0. The van der Waals surface area contributed by atoms with Gasteiger partial charge >= 0.3 is 0 Å². The second-order valence-corrected chi connectivity index (χ2v) is 7.97. The fourth-order valence-electron chi connectivity index (χ4n) is 3.63. The summed E-state index contributed by atoms with van der Waals surface area (Å²) >= 11 is 0. The molecule has 0 bridgehead atoms. The monoisotopic (exact) mass is 526 g/mol. The Labute approximate surface area is 197 Å². The molecule has 1 saturated carbocycles. The minimum atomic E-state index is 0. The van der Waals surface area contributed by atoms with E-state index in [4.69, 9.17) is 9.73 Å². The zero-order valence-corrected chi connectivity index (χ0v) is 20.9. The van der Waals surface area contributed by atoms with Crippen LogP contribution in [-0.2, 0) is 20.0 Å². The molecule has 7 nitrogen and oxygen atoms in total. The highest BCUT2D eigenvalue weighted by Gasteiger charge is 2.34. The molecular weight excluding hydrogens is 491 g/mol. The van der Waals surface area contributed by atoms with Crippen molar-refractivity contribution in [3.05, 3.63) is 41.5 Å². The van der Waals surface area contributed by atoms with Crippen molar-refractivity contribution < 1.29 is 4.74 Å². The largest absolute Gasteiger partial charge is 0.497 e. The summed E-state index contributed by atoms with van der Waals surface area (Å²) < 4.78 is 7.21. The molecule has 1 aliphatic carbocycles. The highest BCUT2D eigenvalue weighted by molar-refractivity contribution is 14.0. The highest BCUT2D eigenvalue weighted by atomic mass is 127. The first kappa shape index (κ1) is 24.4. The third-order valence-corrected chi connectivity index (χ3v) is 6.22.